The van der Waals surface area contributed by atoms with Crippen molar-refractivity contribution in [1.82, 2.24) is 0 Å². The van der Waals surface area contributed by atoms with Gasteiger partial charge in [-0.2, -0.15) is 0 Å². The summed E-state index contributed by atoms with van der Waals surface area (Å²) in [5.41, 5.74) is 0. The van der Waals surface area contributed by atoms with E-state index >= 15 is 0 Å². The first-order valence-electron chi connectivity index (χ1n) is 1.55. The maximum atomic E-state index is 9.79. The van der Waals surface area contributed by atoms with Crippen molar-refractivity contribution >= 4 is 5.78 Å². The molecule has 0 heterocycles. The Labute approximate surface area is 37.4 Å². The lowest BCUT2D eigenvalue weighted by atomic mass is 10.3. The van der Waals surface area contributed by atoms with Gasteiger partial charge in [0.25, 0.3) is 0 Å². The predicted molar refractivity (Wildman–Crippen MR) is 23.8 cm³/mol. The van der Waals surface area contributed by atoms with Crippen LogP contribution in [0.5, 0.6) is 0 Å². The van der Waals surface area contributed by atoms with Crippen LogP contribution in [-0.4, -0.2) is 5.78 Å². The number of carbonyl (C=O) groups excluding carboxylic acids is 1. The van der Waals surface area contributed by atoms with E-state index in [9.17, 15) is 4.79 Å². The van der Waals surface area contributed by atoms with Crippen LogP contribution < -0.4 is 0 Å². The minimum atomic E-state index is -0.197. The van der Waals surface area contributed by atoms with Crippen molar-refractivity contribution < 1.29 is 4.79 Å². The van der Waals surface area contributed by atoms with Crippen LogP contribution in [0, 0.1) is 19.3 Å². The largest absolute Gasteiger partial charge is 0.299 e. The number of hydrogen-bond acceptors (Lipinski definition) is 1. The van der Waals surface area contributed by atoms with Gasteiger partial charge in [-0.1, -0.05) is 5.92 Å². The Morgan fingerprint density at radius 1 is 2.00 bits per heavy atom. The zero-order valence-corrected chi connectivity index (χ0v) is 3.40. The second-order valence-corrected chi connectivity index (χ2v) is 0.920. The average molecular weight is 81.1 g/mol. The fourth-order valence-corrected chi connectivity index (χ4v) is 0.114. The summed E-state index contributed by atoms with van der Waals surface area (Å²) in [6.45, 7) is 3.05. The highest BCUT2D eigenvalue weighted by molar-refractivity contribution is 5.84. The summed E-state index contributed by atoms with van der Waals surface area (Å²) in [4.78, 5) is 9.79. The van der Waals surface area contributed by atoms with Gasteiger partial charge >= 0.3 is 0 Å². The van der Waals surface area contributed by atoms with E-state index in [-0.39, 0.29) is 12.2 Å². The molecule has 0 aliphatic rings. The maximum Gasteiger partial charge on any atom is 0.145 e. The number of rotatable bonds is 1. The number of hydrogen-bond donors (Lipinski definition) is 0. The molecule has 0 bridgehead atoms. The van der Waals surface area contributed by atoms with Crippen molar-refractivity contribution in [2.45, 2.75) is 6.42 Å². The molecule has 0 fully saturated rings. The summed E-state index contributed by atoms with van der Waals surface area (Å²) < 4.78 is 0. The van der Waals surface area contributed by atoms with Gasteiger partial charge in [-0.3, -0.25) is 4.79 Å². The van der Waals surface area contributed by atoms with Crippen LogP contribution in [0.15, 0.2) is 0 Å². The van der Waals surface area contributed by atoms with E-state index < -0.39 is 0 Å². The van der Waals surface area contributed by atoms with Crippen LogP contribution in [0.25, 0.3) is 0 Å². The summed E-state index contributed by atoms with van der Waals surface area (Å²) in [7, 11) is 0. The molecule has 0 rings (SSSR count). The first-order valence-corrected chi connectivity index (χ1v) is 1.55. The molecule has 0 aromatic heterocycles. The smallest absolute Gasteiger partial charge is 0.145 e. The Balaban J connectivity index is 3.13. The molecule has 0 spiro atoms. The van der Waals surface area contributed by atoms with Gasteiger partial charge in [-0.15, -0.1) is 6.42 Å². The maximum absolute atomic E-state index is 9.79. The van der Waals surface area contributed by atoms with Crippen molar-refractivity contribution in [2.75, 3.05) is 0 Å². The molecule has 0 aliphatic heterocycles. The van der Waals surface area contributed by atoms with Crippen molar-refractivity contribution in [3.8, 4) is 12.3 Å². The van der Waals surface area contributed by atoms with Gasteiger partial charge in [0.2, 0.25) is 0 Å². The first kappa shape index (κ1) is 5.23. The molecule has 0 atom stereocenters. The molecule has 0 N–H and O–H groups in total. The molecule has 6 heavy (non-hydrogen) atoms. The third-order valence-corrected chi connectivity index (χ3v) is 0.299. The third kappa shape index (κ3) is 3.23. The quantitative estimate of drug-likeness (QED) is 0.418. The lowest BCUT2D eigenvalue weighted by molar-refractivity contribution is -0.113. The van der Waals surface area contributed by atoms with Crippen LogP contribution in [0.3, 0.4) is 0 Å². The van der Waals surface area contributed by atoms with E-state index in [0.717, 1.165) is 0 Å². The molecule has 1 nitrogen and oxygen atoms in total. The Kier molecular flexibility index (Phi) is 2.15. The number of carbonyl (C=O) groups is 1. The first-order chi connectivity index (χ1) is 2.77. The average Bonchev–Trinajstić information content (AvgIpc) is 1.35. The number of Topliss-reactive ketones (excluding diaryl/α,β-unsaturated/α-hetero) is 1. The van der Waals surface area contributed by atoms with Gasteiger partial charge in [0, 0.05) is 6.92 Å². The standard InChI is InChI=1S/C5H5O/c1-3-4-5(2)6/h1H,2,4H2. The van der Waals surface area contributed by atoms with Gasteiger partial charge in [-0.25, -0.2) is 0 Å². The van der Waals surface area contributed by atoms with Gasteiger partial charge in [0.05, 0.1) is 6.42 Å². The molecule has 1 heteroatoms. The fourth-order valence-electron chi connectivity index (χ4n) is 0.114. The normalized spacial score (nSPS) is 6.67. The molecule has 0 aromatic carbocycles. The molecule has 0 saturated heterocycles. The van der Waals surface area contributed by atoms with Gasteiger partial charge < -0.3 is 0 Å². The van der Waals surface area contributed by atoms with E-state index in [4.69, 9.17) is 6.42 Å². The second kappa shape index (κ2) is 2.47. The van der Waals surface area contributed by atoms with Crippen LogP contribution >= 0.6 is 0 Å². The molecule has 0 unspecified atom stereocenters. The van der Waals surface area contributed by atoms with Gasteiger partial charge in [0.15, 0.2) is 0 Å². The van der Waals surface area contributed by atoms with Crippen molar-refractivity contribution in [1.29, 1.82) is 0 Å². The summed E-state index contributed by atoms with van der Waals surface area (Å²) in [6.07, 6.45) is 4.87. The van der Waals surface area contributed by atoms with E-state index in [1.165, 1.54) is 0 Å². The summed E-state index contributed by atoms with van der Waals surface area (Å²) in [5.74, 6) is 1.96. The minimum absolute atomic E-state index is 0.153. The lowest BCUT2D eigenvalue weighted by Gasteiger charge is -1.72. The molecule has 0 amide bonds. The second-order valence-electron chi connectivity index (χ2n) is 0.920. The lowest BCUT2D eigenvalue weighted by Crippen LogP contribution is -1.83. The summed E-state index contributed by atoms with van der Waals surface area (Å²) in [6, 6.07) is 0. The minimum Gasteiger partial charge on any atom is -0.299 e. The van der Waals surface area contributed by atoms with E-state index in [2.05, 4.69) is 12.8 Å². The van der Waals surface area contributed by atoms with Crippen LogP contribution in [0.1, 0.15) is 6.42 Å². The zero-order valence-electron chi connectivity index (χ0n) is 3.40. The Morgan fingerprint density at radius 3 is 2.50 bits per heavy atom. The topological polar surface area (TPSA) is 17.1 Å². The zero-order chi connectivity index (χ0) is 4.99. The van der Waals surface area contributed by atoms with E-state index in [1.54, 1.807) is 0 Å². The highest BCUT2D eigenvalue weighted by Crippen LogP contribution is 1.71. The summed E-state index contributed by atoms with van der Waals surface area (Å²) in [5, 5.41) is 0. The highest BCUT2D eigenvalue weighted by Gasteiger charge is 1.81. The molecular weight excluding hydrogens is 76.1 g/mol. The van der Waals surface area contributed by atoms with Crippen molar-refractivity contribution in [2.24, 2.45) is 0 Å². The Morgan fingerprint density at radius 2 is 2.50 bits per heavy atom. The van der Waals surface area contributed by atoms with Gasteiger partial charge in [0.1, 0.15) is 5.78 Å². The third-order valence-electron chi connectivity index (χ3n) is 0.299. The SMILES string of the molecule is C#CCC([CH2])=O. The summed E-state index contributed by atoms with van der Waals surface area (Å²) >= 11 is 0. The van der Waals surface area contributed by atoms with Crippen LogP contribution in [0.2, 0.25) is 0 Å². The monoisotopic (exact) mass is 81.0 g/mol. The molecule has 31 valence electrons. The highest BCUT2D eigenvalue weighted by atomic mass is 16.1. The predicted octanol–water partition coefficient (Wildman–Crippen LogP) is 0.413. The fraction of sp³-hybridized carbons (Fsp3) is 0.200. The van der Waals surface area contributed by atoms with Crippen molar-refractivity contribution in [3.05, 3.63) is 6.92 Å². The number of terminal acetylenes is 1. The van der Waals surface area contributed by atoms with Gasteiger partial charge in [-0.05, 0) is 0 Å². The molecular formula is C5H5O. The van der Waals surface area contributed by atoms with Crippen molar-refractivity contribution in [3.63, 3.8) is 0 Å². The van der Waals surface area contributed by atoms with Crippen LogP contribution in [0.4, 0.5) is 0 Å². The molecule has 0 aliphatic carbocycles. The molecule has 0 saturated carbocycles. The molecule has 1 radical (unpaired) electrons. The van der Waals surface area contributed by atoms with Crippen LogP contribution in [-0.2, 0) is 4.79 Å². The van der Waals surface area contributed by atoms with E-state index in [0.29, 0.717) is 0 Å². The molecule has 0 aromatic rings. The number of ketones is 1. The Hall–Kier alpha value is -0.770. The van der Waals surface area contributed by atoms with E-state index in [1.807, 2.05) is 0 Å². The Bertz CT molecular complexity index is 86.6.